The highest BCUT2D eigenvalue weighted by Crippen LogP contribution is 2.14. The number of aromatic nitrogens is 1. The van der Waals surface area contributed by atoms with Crippen LogP contribution in [0.2, 0.25) is 0 Å². The lowest BCUT2D eigenvalue weighted by Crippen LogP contribution is -2.33. The molecule has 8 heteroatoms. The molecule has 0 atom stereocenters. The lowest BCUT2D eigenvalue weighted by molar-refractivity contribution is -0.161. The normalized spacial score (nSPS) is 12.2. The molecule has 0 spiro atoms. The van der Waals surface area contributed by atoms with Gasteiger partial charge in [0.15, 0.2) is 5.13 Å². The smallest absolute Gasteiger partial charge is 0.350 e. The molecule has 1 rings (SSSR count). The zero-order valence-electron chi connectivity index (χ0n) is 9.13. The summed E-state index contributed by atoms with van der Waals surface area (Å²) in [7, 11) is 0. The summed E-state index contributed by atoms with van der Waals surface area (Å²) < 4.78 is 0. The molecule has 0 saturated carbocycles. The summed E-state index contributed by atoms with van der Waals surface area (Å²) in [5, 5.41) is 16.8. The van der Waals surface area contributed by atoms with E-state index in [2.05, 4.69) is 27.7 Å². The van der Waals surface area contributed by atoms with Crippen LogP contribution in [0.4, 0.5) is 5.13 Å². The fraction of sp³-hybridized carbons (Fsp3) is 0.333. The van der Waals surface area contributed by atoms with Crippen molar-refractivity contribution in [3.8, 4) is 0 Å². The fourth-order valence-electron chi connectivity index (χ4n) is 0.713. The second-order valence-corrected chi connectivity index (χ2v) is 4.61. The third-order valence-electron chi connectivity index (χ3n) is 1.74. The van der Waals surface area contributed by atoms with Crippen molar-refractivity contribution in [3.63, 3.8) is 0 Å². The molecule has 6 nitrogen and oxygen atoms in total. The molecule has 0 saturated heterocycles. The van der Waals surface area contributed by atoms with E-state index in [4.69, 9.17) is 15.7 Å². The van der Waals surface area contributed by atoms with Crippen molar-refractivity contribution < 1.29 is 14.7 Å². The van der Waals surface area contributed by atoms with Crippen molar-refractivity contribution in [2.24, 2.45) is 5.16 Å². The molecule has 0 aliphatic heterocycles. The van der Waals surface area contributed by atoms with E-state index >= 15 is 0 Å². The molecule has 0 aliphatic carbocycles. The third kappa shape index (κ3) is 3.46. The van der Waals surface area contributed by atoms with Gasteiger partial charge in [0.05, 0.1) is 5.37 Å². The van der Waals surface area contributed by atoms with E-state index in [9.17, 15) is 4.79 Å². The van der Waals surface area contributed by atoms with Gasteiger partial charge in [-0.05, 0) is 13.8 Å². The number of carboxylic acid groups (broad SMARTS) is 1. The fourth-order valence-corrected chi connectivity index (χ4v) is 1.40. The summed E-state index contributed by atoms with van der Waals surface area (Å²) in [4.78, 5) is 19.6. The van der Waals surface area contributed by atoms with Gasteiger partial charge in [0.25, 0.3) is 0 Å². The van der Waals surface area contributed by atoms with E-state index in [1.165, 1.54) is 25.2 Å². The second-order valence-electron chi connectivity index (χ2n) is 3.52. The number of hydrogen-bond acceptors (Lipinski definition) is 7. The molecule has 0 bridgehead atoms. The molecule has 1 aromatic rings. The average molecular weight is 272 g/mol. The predicted octanol–water partition coefficient (Wildman–Crippen LogP) is 1.19. The van der Waals surface area contributed by atoms with Crippen molar-refractivity contribution in [1.82, 2.24) is 4.98 Å². The molecule has 0 aliphatic rings. The second kappa shape index (κ2) is 5.19. The van der Waals surface area contributed by atoms with Crippen LogP contribution in [0.15, 0.2) is 10.5 Å². The molecule has 0 fully saturated rings. The van der Waals surface area contributed by atoms with Gasteiger partial charge in [0, 0.05) is 5.38 Å². The lowest BCUT2D eigenvalue weighted by Gasteiger charge is -2.16. The molecule has 0 amide bonds. The third-order valence-corrected chi connectivity index (χ3v) is 2.61. The number of anilines is 1. The predicted molar refractivity (Wildman–Crippen MR) is 68.5 cm³/mol. The maximum absolute atomic E-state index is 10.8. The van der Waals surface area contributed by atoms with E-state index in [1.807, 2.05) is 0 Å². The molecule has 0 aromatic carbocycles. The first kappa shape index (κ1) is 13.5. The van der Waals surface area contributed by atoms with Gasteiger partial charge in [-0.3, -0.25) is 0 Å². The molecular weight excluding hydrogens is 262 g/mol. The number of rotatable bonds is 5. The highest BCUT2D eigenvalue weighted by Gasteiger charge is 2.30. The van der Waals surface area contributed by atoms with Crippen LogP contribution in [0.1, 0.15) is 19.5 Å². The Morgan fingerprint density at radius 2 is 2.41 bits per heavy atom. The minimum atomic E-state index is -1.45. The maximum Gasteiger partial charge on any atom is 0.350 e. The van der Waals surface area contributed by atoms with Gasteiger partial charge in [-0.15, -0.1) is 11.3 Å². The average Bonchev–Trinajstić information content (AvgIpc) is 2.65. The van der Waals surface area contributed by atoms with Crippen molar-refractivity contribution in [2.75, 3.05) is 5.73 Å². The number of carbonyl (C=O) groups is 1. The number of nitrogen functional groups attached to an aromatic ring is 1. The summed E-state index contributed by atoms with van der Waals surface area (Å²) in [6.07, 6.45) is 0. The molecular formula is C9H10N3O3S2. The maximum atomic E-state index is 10.8. The van der Waals surface area contributed by atoms with Crippen LogP contribution < -0.4 is 5.73 Å². The van der Waals surface area contributed by atoms with Crippen molar-refractivity contribution >= 4 is 45.7 Å². The number of nitrogens with zero attached hydrogens (tertiary/aromatic N) is 2. The molecule has 0 unspecified atom stereocenters. The number of carboxylic acids is 1. The van der Waals surface area contributed by atoms with Crippen LogP contribution in [0, 0.1) is 0 Å². The van der Waals surface area contributed by atoms with E-state index in [1.54, 1.807) is 5.38 Å². The van der Waals surface area contributed by atoms with Gasteiger partial charge in [-0.2, -0.15) is 0 Å². The Hall–Kier alpha value is -1.54. The molecule has 3 N–H and O–H groups in total. The van der Waals surface area contributed by atoms with Gasteiger partial charge < -0.3 is 15.7 Å². The molecule has 1 radical (unpaired) electrons. The summed E-state index contributed by atoms with van der Waals surface area (Å²) >= 11 is 5.85. The van der Waals surface area contributed by atoms with E-state index in [0.29, 0.717) is 10.8 Å². The first-order chi connectivity index (χ1) is 7.86. The highest BCUT2D eigenvalue weighted by atomic mass is 32.1. The SMILES string of the molecule is CC(C)(ON=C([C]=S)c1csc(N)n1)C(=O)O. The van der Waals surface area contributed by atoms with Crippen LogP contribution in [-0.4, -0.2) is 32.7 Å². The van der Waals surface area contributed by atoms with Gasteiger partial charge in [-0.1, -0.05) is 17.4 Å². The monoisotopic (exact) mass is 272 g/mol. The number of oxime groups is 1. The summed E-state index contributed by atoms with van der Waals surface area (Å²) in [5.74, 6) is -1.14. The largest absolute Gasteiger partial charge is 0.478 e. The van der Waals surface area contributed by atoms with Gasteiger partial charge in [0.2, 0.25) is 5.60 Å². The van der Waals surface area contributed by atoms with Crippen LogP contribution >= 0.6 is 23.6 Å². The molecule has 1 aromatic heterocycles. The van der Waals surface area contributed by atoms with Crippen LogP contribution in [0.5, 0.6) is 0 Å². The number of nitrogens with two attached hydrogens (primary N) is 1. The summed E-state index contributed by atoms with van der Waals surface area (Å²) in [5.41, 5.74) is 4.56. The number of thiazole rings is 1. The van der Waals surface area contributed by atoms with E-state index < -0.39 is 11.6 Å². The van der Waals surface area contributed by atoms with Crippen LogP contribution in [-0.2, 0) is 9.63 Å². The lowest BCUT2D eigenvalue weighted by atomic mass is 10.1. The first-order valence-corrected chi connectivity index (χ1v) is 5.74. The number of hydrogen-bond donors (Lipinski definition) is 2. The number of aliphatic carboxylic acids is 1. The first-order valence-electron chi connectivity index (χ1n) is 4.46. The number of thiocarbonyl (C=S) groups is 1. The Kier molecular flexibility index (Phi) is 4.13. The Bertz CT molecular complexity index is 468. The topological polar surface area (TPSA) is 97.8 Å². The summed E-state index contributed by atoms with van der Waals surface area (Å²) in [6.45, 7) is 2.74. The Morgan fingerprint density at radius 3 is 2.82 bits per heavy atom. The van der Waals surface area contributed by atoms with Gasteiger partial charge >= 0.3 is 5.97 Å². The van der Waals surface area contributed by atoms with Crippen molar-refractivity contribution in [1.29, 1.82) is 0 Å². The summed E-state index contributed by atoms with van der Waals surface area (Å²) in [6, 6.07) is 0. The van der Waals surface area contributed by atoms with Crippen LogP contribution in [0.25, 0.3) is 0 Å². The van der Waals surface area contributed by atoms with E-state index in [-0.39, 0.29) is 5.71 Å². The minimum absolute atomic E-state index is 0.141. The van der Waals surface area contributed by atoms with Gasteiger partial charge in [0.1, 0.15) is 11.4 Å². The Balaban J connectivity index is 2.89. The quantitative estimate of drug-likeness (QED) is 0.474. The minimum Gasteiger partial charge on any atom is -0.478 e. The van der Waals surface area contributed by atoms with Crippen molar-refractivity contribution in [2.45, 2.75) is 19.4 Å². The molecule has 91 valence electrons. The standard InChI is InChI=1S/C9H10N3O3S2/c1-9(2,7(13)14)15-12-5(3-16)6-4-17-8(10)11-6/h4H,1-2H3,(H2,10,11)(H,13,14). The molecule has 1 heterocycles. The zero-order valence-corrected chi connectivity index (χ0v) is 10.8. The zero-order chi connectivity index (χ0) is 13.1. The Morgan fingerprint density at radius 1 is 1.76 bits per heavy atom. The highest BCUT2D eigenvalue weighted by molar-refractivity contribution is 7.80. The Labute approximate surface area is 107 Å². The van der Waals surface area contributed by atoms with E-state index in [0.717, 1.165) is 0 Å². The van der Waals surface area contributed by atoms with Crippen molar-refractivity contribution in [3.05, 3.63) is 11.1 Å². The van der Waals surface area contributed by atoms with Gasteiger partial charge in [-0.25, -0.2) is 9.78 Å². The van der Waals surface area contributed by atoms with Crippen LogP contribution in [0.3, 0.4) is 0 Å². The molecule has 17 heavy (non-hydrogen) atoms.